The van der Waals surface area contributed by atoms with Gasteiger partial charge in [-0.2, -0.15) is 9.61 Å². The zero-order valence-corrected chi connectivity index (χ0v) is 21.6. The van der Waals surface area contributed by atoms with Crippen LogP contribution in [0.1, 0.15) is 30.1 Å². The number of sulfonamides is 1. The number of imidazole rings is 1. The van der Waals surface area contributed by atoms with Crippen LogP contribution in [-0.4, -0.2) is 58.7 Å². The Balaban J connectivity index is 1.46. The Morgan fingerprint density at radius 3 is 2.51 bits per heavy atom. The molecule has 5 rings (SSSR count). The summed E-state index contributed by atoms with van der Waals surface area (Å²) >= 11 is 7.72. The lowest BCUT2D eigenvalue weighted by molar-refractivity contribution is 0.317. The molecule has 12 heteroatoms. The molecule has 1 aliphatic rings. The van der Waals surface area contributed by atoms with E-state index >= 15 is 0 Å². The molecule has 0 amide bonds. The first-order valence-corrected chi connectivity index (χ1v) is 14.4. The van der Waals surface area contributed by atoms with Gasteiger partial charge in [0, 0.05) is 37.0 Å². The normalized spacial score (nSPS) is 15.7. The van der Waals surface area contributed by atoms with Crippen LogP contribution in [0.5, 0.6) is 0 Å². The molecule has 1 fully saturated rings. The molecule has 1 saturated heterocycles. The van der Waals surface area contributed by atoms with Gasteiger partial charge in [-0.25, -0.2) is 27.1 Å². The van der Waals surface area contributed by atoms with Crippen LogP contribution in [-0.2, 0) is 15.9 Å². The minimum absolute atomic E-state index is 0.155. The van der Waals surface area contributed by atoms with Crippen molar-refractivity contribution in [2.24, 2.45) is 0 Å². The first-order chi connectivity index (χ1) is 16.7. The lowest BCUT2D eigenvalue weighted by Gasteiger charge is -2.29. The lowest BCUT2D eigenvalue weighted by atomic mass is 9.94. The molecule has 1 aromatic carbocycles. The summed E-state index contributed by atoms with van der Waals surface area (Å²) in [6, 6.07) is 10.1. The molecule has 35 heavy (non-hydrogen) atoms. The number of rotatable bonds is 6. The van der Waals surface area contributed by atoms with Crippen molar-refractivity contribution in [1.29, 1.82) is 0 Å². The van der Waals surface area contributed by atoms with Crippen LogP contribution in [0.3, 0.4) is 0 Å². The highest BCUT2D eigenvalue weighted by atomic mass is 35.5. The first-order valence-electron chi connectivity index (χ1n) is 11.1. The Morgan fingerprint density at radius 1 is 1.14 bits per heavy atom. The van der Waals surface area contributed by atoms with Gasteiger partial charge in [-0.1, -0.05) is 0 Å². The number of anilines is 2. The van der Waals surface area contributed by atoms with E-state index < -0.39 is 10.0 Å². The summed E-state index contributed by atoms with van der Waals surface area (Å²) in [6.07, 6.45) is 2.67. The molecule has 0 atom stereocenters. The number of nitrogens with zero attached hydrogens (tertiary/aromatic N) is 6. The highest BCUT2D eigenvalue weighted by Gasteiger charge is 2.28. The average Bonchev–Trinajstić information content (AvgIpc) is 3.48. The van der Waals surface area contributed by atoms with Crippen molar-refractivity contribution in [2.75, 3.05) is 31.3 Å². The molecular weight excluding hydrogens is 511 g/mol. The summed E-state index contributed by atoms with van der Waals surface area (Å²) in [7, 11) is -1.29. The maximum atomic E-state index is 13.3. The third-order valence-corrected chi connectivity index (χ3v) is 8.72. The second kappa shape index (κ2) is 9.45. The van der Waals surface area contributed by atoms with Crippen LogP contribution < -0.4 is 4.90 Å². The summed E-state index contributed by atoms with van der Waals surface area (Å²) in [6.45, 7) is 0.968. The number of halogens is 2. The molecule has 184 valence electrons. The van der Waals surface area contributed by atoms with Crippen LogP contribution in [0.15, 0.2) is 41.8 Å². The highest BCUT2D eigenvalue weighted by Crippen LogP contribution is 2.34. The summed E-state index contributed by atoms with van der Waals surface area (Å²) in [5, 5.41) is 7.55. The fourth-order valence-corrected chi connectivity index (χ4v) is 6.22. The first kappa shape index (κ1) is 24.1. The molecule has 4 heterocycles. The van der Waals surface area contributed by atoms with E-state index in [1.54, 1.807) is 16.6 Å². The number of hydrogen-bond acceptors (Lipinski definition) is 7. The zero-order valence-electron chi connectivity index (χ0n) is 19.2. The van der Waals surface area contributed by atoms with E-state index in [9.17, 15) is 12.8 Å². The van der Waals surface area contributed by atoms with Crippen LogP contribution >= 0.6 is 22.9 Å². The van der Waals surface area contributed by atoms with Crippen molar-refractivity contribution >= 4 is 49.6 Å². The van der Waals surface area contributed by atoms with Crippen LogP contribution in [0, 0.1) is 5.82 Å². The summed E-state index contributed by atoms with van der Waals surface area (Å²) in [5.41, 5.74) is 3.84. The lowest BCUT2D eigenvalue weighted by Crippen LogP contribution is -2.37. The SMILES string of the molecule is CN(c1nc(-c2ccc(F)cc2)cs1)c1c(CCl)nc2ccc(C3CCN(S(C)(=O)=O)CC3)nn12. The predicted molar refractivity (Wildman–Crippen MR) is 137 cm³/mol. The predicted octanol–water partition coefficient (Wildman–Crippen LogP) is 4.64. The maximum Gasteiger partial charge on any atom is 0.211 e. The van der Waals surface area contributed by atoms with Gasteiger partial charge < -0.3 is 4.90 Å². The van der Waals surface area contributed by atoms with Crippen LogP contribution in [0.25, 0.3) is 16.9 Å². The van der Waals surface area contributed by atoms with E-state index in [-0.39, 0.29) is 17.6 Å². The Labute approximate surface area is 212 Å². The number of aromatic nitrogens is 4. The van der Waals surface area contributed by atoms with Gasteiger partial charge >= 0.3 is 0 Å². The van der Waals surface area contributed by atoms with Crippen molar-refractivity contribution in [3.05, 3.63) is 59.0 Å². The maximum absolute atomic E-state index is 13.3. The fraction of sp³-hybridized carbons (Fsp3) is 0.348. The summed E-state index contributed by atoms with van der Waals surface area (Å²) < 4.78 is 40.3. The number of alkyl halides is 1. The third kappa shape index (κ3) is 4.77. The highest BCUT2D eigenvalue weighted by molar-refractivity contribution is 7.88. The van der Waals surface area contributed by atoms with Crippen molar-refractivity contribution in [3.63, 3.8) is 0 Å². The van der Waals surface area contributed by atoms with Gasteiger partial charge in [0.05, 0.1) is 23.5 Å². The van der Waals surface area contributed by atoms with E-state index in [2.05, 4.69) is 4.98 Å². The molecule has 3 aromatic heterocycles. The van der Waals surface area contributed by atoms with Crippen molar-refractivity contribution in [1.82, 2.24) is 23.9 Å². The topological polar surface area (TPSA) is 83.7 Å². The van der Waals surface area contributed by atoms with Crippen LogP contribution in [0.2, 0.25) is 0 Å². The summed E-state index contributed by atoms with van der Waals surface area (Å²) in [4.78, 5) is 11.3. The Morgan fingerprint density at radius 2 is 1.86 bits per heavy atom. The molecule has 8 nitrogen and oxygen atoms in total. The van der Waals surface area contributed by atoms with Crippen molar-refractivity contribution < 1.29 is 12.8 Å². The third-order valence-electron chi connectivity index (χ3n) is 6.25. The van der Waals surface area contributed by atoms with E-state index in [1.165, 1.54) is 34.0 Å². The van der Waals surface area contributed by atoms with Gasteiger partial charge in [-0.15, -0.1) is 22.9 Å². The fourth-order valence-electron chi connectivity index (χ4n) is 4.37. The molecule has 0 bridgehead atoms. The second-order valence-electron chi connectivity index (χ2n) is 8.56. The largest absolute Gasteiger partial charge is 0.304 e. The van der Waals surface area contributed by atoms with Crippen LogP contribution in [0.4, 0.5) is 15.3 Å². The van der Waals surface area contributed by atoms with Crippen molar-refractivity contribution in [3.8, 4) is 11.3 Å². The molecule has 0 unspecified atom stereocenters. The van der Waals surface area contributed by atoms with Gasteiger partial charge in [-0.05, 0) is 49.2 Å². The van der Waals surface area contributed by atoms with E-state index in [1.807, 2.05) is 29.5 Å². The quantitative estimate of drug-likeness (QED) is 0.335. The standard InChI is InChI=1S/C23H24ClFN6O2S2/c1-29(23-27-20(14-34-23)15-3-5-17(25)6-4-15)22-19(13-24)26-21-8-7-18(28-31(21)22)16-9-11-30(12-10-16)35(2,32)33/h3-8,14,16H,9-13H2,1-2H3. The molecule has 0 N–H and O–H groups in total. The molecule has 0 spiro atoms. The van der Waals surface area contributed by atoms with Gasteiger partial charge in [0.1, 0.15) is 11.5 Å². The minimum atomic E-state index is -3.18. The van der Waals surface area contributed by atoms with Gasteiger partial charge in [0.25, 0.3) is 0 Å². The van der Waals surface area contributed by atoms with Gasteiger partial charge in [0.15, 0.2) is 16.6 Å². The Hall–Kier alpha value is -2.60. The van der Waals surface area contributed by atoms with E-state index in [0.717, 1.165) is 27.9 Å². The smallest absolute Gasteiger partial charge is 0.211 e. The molecular formula is C23H24ClFN6O2S2. The molecule has 0 saturated carbocycles. The second-order valence-corrected chi connectivity index (χ2v) is 11.6. The Kier molecular flexibility index (Phi) is 6.51. The number of hydrogen-bond donors (Lipinski definition) is 0. The minimum Gasteiger partial charge on any atom is -0.304 e. The number of fused-ring (bicyclic) bond motifs is 1. The van der Waals surface area contributed by atoms with Gasteiger partial charge in [-0.3, -0.25) is 0 Å². The van der Waals surface area contributed by atoms with E-state index in [4.69, 9.17) is 21.7 Å². The number of benzene rings is 1. The molecule has 0 radical (unpaired) electrons. The van der Waals surface area contributed by atoms with Crippen molar-refractivity contribution in [2.45, 2.75) is 24.6 Å². The zero-order chi connectivity index (χ0) is 24.7. The molecule has 0 aliphatic carbocycles. The number of thiazole rings is 1. The molecule has 1 aliphatic heterocycles. The van der Waals surface area contributed by atoms with Gasteiger partial charge in [0.2, 0.25) is 10.0 Å². The average molecular weight is 535 g/mol. The monoisotopic (exact) mass is 534 g/mol. The summed E-state index contributed by atoms with van der Waals surface area (Å²) in [5.74, 6) is 0.803. The number of piperidine rings is 1. The molecule has 4 aromatic rings. The Bertz CT molecular complexity index is 1460. The van der Waals surface area contributed by atoms with E-state index in [0.29, 0.717) is 37.3 Å².